The van der Waals surface area contributed by atoms with Gasteiger partial charge in [-0.05, 0) is 83.9 Å². The van der Waals surface area contributed by atoms with Crippen molar-refractivity contribution in [3.8, 4) is 35.1 Å². The summed E-state index contributed by atoms with van der Waals surface area (Å²) in [5.74, 6) is 2.87. The highest BCUT2D eigenvalue weighted by Gasteiger charge is 2.23. The number of nitrogens with zero attached hydrogens (tertiary/aromatic N) is 2. The maximum atomic E-state index is 8.91. The lowest BCUT2D eigenvalue weighted by molar-refractivity contribution is 0.481. The summed E-state index contributed by atoms with van der Waals surface area (Å²) in [4.78, 5) is 0. The van der Waals surface area contributed by atoms with Crippen molar-refractivity contribution >= 4 is 0 Å². The van der Waals surface area contributed by atoms with Crippen LogP contribution in [0.25, 0.3) is 0 Å². The number of nitriles is 2. The van der Waals surface area contributed by atoms with E-state index in [1.165, 1.54) is 0 Å². The van der Waals surface area contributed by atoms with Crippen LogP contribution in [0.1, 0.15) is 36.1 Å². The molecule has 0 saturated heterocycles. The van der Waals surface area contributed by atoms with Gasteiger partial charge in [-0.2, -0.15) is 10.5 Å². The number of hydrogen-bond acceptors (Lipinski definition) is 4. The molecule has 0 aromatic heterocycles. The Morgan fingerprint density at radius 3 is 1.03 bits per heavy atom. The Bertz CT molecular complexity index is 1200. The largest absolute Gasteiger partial charge is 0.457 e. The van der Waals surface area contributed by atoms with Gasteiger partial charge in [0.2, 0.25) is 0 Å². The van der Waals surface area contributed by atoms with E-state index in [9.17, 15) is 0 Å². The maximum Gasteiger partial charge on any atom is 0.127 e. The molecule has 0 bridgehead atoms. The Kier molecular flexibility index (Phi) is 6.11. The van der Waals surface area contributed by atoms with E-state index < -0.39 is 0 Å². The molecule has 160 valence electrons. The van der Waals surface area contributed by atoms with Crippen molar-refractivity contribution < 1.29 is 9.47 Å². The van der Waals surface area contributed by atoms with Crippen LogP contribution in [0.2, 0.25) is 0 Å². The summed E-state index contributed by atoms with van der Waals surface area (Å²) in [5.41, 5.74) is 3.33. The standard InChI is InChI=1S/C29H22N2O2/c1-29(2,23-7-15-27(16-8-23)32-25-11-3-21(19-30)4-12-25)24-9-17-28(18-10-24)33-26-13-5-22(20-31)6-14-26/h3-18H,1-2H3. The second-order valence-corrected chi connectivity index (χ2v) is 8.15. The van der Waals surface area contributed by atoms with E-state index in [0.717, 1.165) is 22.6 Å². The van der Waals surface area contributed by atoms with Gasteiger partial charge in [-0.15, -0.1) is 0 Å². The summed E-state index contributed by atoms with van der Waals surface area (Å²) >= 11 is 0. The maximum absolute atomic E-state index is 8.91. The van der Waals surface area contributed by atoms with Crippen LogP contribution < -0.4 is 9.47 Å². The molecule has 0 unspecified atom stereocenters. The van der Waals surface area contributed by atoms with E-state index in [2.05, 4.69) is 50.3 Å². The van der Waals surface area contributed by atoms with Crippen molar-refractivity contribution in [1.82, 2.24) is 0 Å². The van der Waals surface area contributed by atoms with E-state index in [0.29, 0.717) is 22.6 Å². The second kappa shape index (κ2) is 9.30. The van der Waals surface area contributed by atoms with E-state index in [-0.39, 0.29) is 5.41 Å². The minimum absolute atomic E-state index is 0.208. The molecule has 33 heavy (non-hydrogen) atoms. The molecule has 4 rings (SSSR count). The van der Waals surface area contributed by atoms with E-state index >= 15 is 0 Å². The molecule has 0 aliphatic heterocycles. The van der Waals surface area contributed by atoms with E-state index in [1.54, 1.807) is 48.5 Å². The Morgan fingerprint density at radius 1 is 0.485 bits per heavy atom. The zero-order valence-electron chi connectivity index (χ0n) is 18.4. The quantitative estimate of drug-likeness (QED) is 0.321. The molecule has 4 aromatic carbocycles. The van der Waals surface area contributed by atoms with Gasteiger partial charge in [0.1, 0.15) is 23.0 Å². The number of ether oxygens (including phenoxy) is 2. The van der Waals surface area contributed by atoms with Gasteiger partial charge in [-0.3, -0.25) is 0 Å². The lowest BCUT2D eigenvalue weighted by Crippen LogP contribution is -2.18. The van der Waals surface area contributed by atoms with Gasteiger partial charge in [-0.1, -0.05) is 38.1 Å². The van der Waals surface area contributed by atoms with Crippen LogP contribution in [0.3, 0.4) is 0 Å². The number of rotatable bonds is 6. The minimum atomic E-state index is -0.208. The van der Waals surface area contributed by atoms with Crippen LogP contribution in [0.4, 0.5) is 0 Å². The number of hydrogen-bond donors (Lipinski definition) is 0. The predicted molar refractivity (Wildman–Crippen MR) is 127 cm³/mol. The van der Waals surface area contributed by atoms with Crippen LogP contribution >= 0.6 is 0 Å². The highest BCUT2D eigenvalue weighted by Crippen LogP contribution is 2.34. The first-order chi connectivity index (χ1) is 16.0. The van der Waals surface area contributed by atoms with Gasteiger partial charge in [0.05, 0.1) is 23.3 Å². The van der Waals surface area contributed by atoms with Crippen LogP contribution in [0.5, 0.6) is 23.0 Å². The fourth-order valence-corrected chi connectivity index (χ4v) is 3.51. The molecule has 4 heteroatoms. The first-order valence-corrected chi connectivity index (χ1v) is 10.5. The summed E-state index contributed by atoms with van der Waals surface area (Å²) in [5, 5.41) is 17.8. The molecule has 4 aromatic rings. The fourth-order valence-electron chi connectivity index (χ4n) is 3.51. The molecule has 0 N–H and O–H groups in total. The van der Waals surface area contributed by atoms with Gasteiger partial charge in [0.15, 0.2) is 0 Å². The minimum Gasteiger partial charge on any atom is -0.457 e. The van der Waals surface area contributed by atoms with Gasteiger partial charge in [0.25, 0.3) is 0 Å². The Hall–Kier alpha value is -4.54. The summed E-state index contributed by atoms with van der Waals surface area (Å²) in [6, 6.07) is 34.4. The van der Waals surface area contributed by atoms with Crippen molar-refractivity contribution in [2.24, 2.45) is 0 Å². The monoisotopic (exact) mass is 430 g/mol. The Labute approximate surface area is 193 Å². The molecule has 0 spiro atoms. The lowest BCUT2D eigenvalue weighted by Gasteiger charge is -2.26. The first kappa shape index (κ1) is 21.7. The topological polar surface area (TPSA) is 66.0 Å². The van der Waals surface area contributed by atoms with Crippen molar-refractivity contribution in [3.63, 3.8) is 0 Å². The first-order valence-electron chi connectivity index (χ1n) is 10.5. The third-order valence-electron chi connectivity index (χ3n) is 5.59. The molecule has 0 heterocycles. The second-order valence-electron chi connectivity index (χ2n) is 8.15. The van der Waals surface area contributed by atoms with E-state index in [1.807, 2.05) is 24.3 Å². The third kappa shape index (κ3) is 5.03. The zero-order valence-corrected chi connectivity index (χ0v) is 18.4. The number of benzene rings is 4. The molecule has 0 fully saturated rings. The molecule has 0 radical (unpaired) electrons. The van der Waals surface area contributed by atoms with Crippen molar-refractivity contribution in [1.29, 1.82) is 10.5 Å². The summed E-state index contributed by atoms with van der Waals surface area (Å²) in [6.45, 7) is 4.36. The van der Waals surface area contributed by atoms with Gasteiger partial charge >= 0.3 is 0 Å². The molecule has 0 aliphatic carbocycles. The zero-order chi connectivity index (χ0) is 23.3. The average molecular weight is 431 g/mol. The van der Waals surface area contributed by atoms with Gasteiger partial charge in [-0.25, -0.2) is 0 Å². The molecular weight excluding hydrogens is 408 g/mol. The Morgan fingerprint density at radius 2 is 0.758 bits per heavy atom. The summed E-state index contributed by atoms with van der Waals surface area (Å²) in [7, 11) is 0. The van der Waals surface area contributed by atoms with Crippen LogP contribution in [0, 0.1) is 22.7 Å². The van der Waals surface area contributed by atoms with Crippen molar-refractivity contribution in [2.45, 2.75) is 19.3 Å². The SMILES string of the molecule is CC(C)(c1ccc(Oc2ccc(C#N)cc2)cc1)c1ccc(Oc2ccc(C#N)cc2)cc1. The molecule has 0 saturated carbocycles. The fraction of sp³-hybridized carbons (Fsp3) is 0.103. The smallest absolute Gasteiger partial charge is 0.127 e. The predicted octanol–water partition coefficient (Wildman–Crippen LogP) is 7.34. The van der Waals surface area contributed by atoms with Crippen LogP contribution in [-0.2, 0) is 5.41 Å². The van der Waals surface area contributed by atoms with E-state index in [4.69, 9.17) is 20.0 Å². The van der Waals surface area contributed by atoms with Crippen LogP contribution in [-0.4, -0.2) is 0 Å². The molecular formula is C29H22N2O2. The van der Waals surface area contributed by atoms with Gasteiger partial charge in [0, 0.05) is 5.41 Å². The highest BCUT2D eigenvalue weighted by molar-refractivity contribution is 5.44. The van der Waals surface area contributed by atoms with Gasteiger partial charge < -0.3 is 9.47 Å². The van der Waals surface area contributed by atoms with Crippen LogP contribution in [0.15, 0.2) is 97.1 Å². The Balaban J connectivity index is 1.45. The average Bonchev–Trinajstić information content (AvgIpc) is 2.86. The third-order valence-corrected chi connectivity index (χ3v) is 5.59. The summed E-state index contributed by atoms with van der Waals surface area (Å²) in [6.07, 6.45) is 0. The molecule has 0 atom stereocenters. The molecule has 0 amide bonds. The summed E-state index contributed by atoms with van der Waals surface area (Å²) < 4.78 is 11.8. The normalized spacial score (nSPS) is 10.7. The van der Waals surface area contributed by atoms with Crippen molar-refractivity contribution in [3.05, 3.63) is 119 Å². The highest BCUT2D eigenvalue weighted by atomic mass is 16.5. The lowest BCUT2D eigenvalue weighted by atomic mass is 9.78. The molecule has 4 nitrogen and oxygen atoms in total. The van der Waals surface area contributed by atoms with Crippen molar-refractivity contribution in [2.75, 3.05) is 0 Å². The molecule has 0 aliphatic rings.